The van der Waals surface area contributed by atoms with Crippen molar-refractivity contribution in [1.82, 2.24) is 19.4 Å². The Morgan fingerprint density at radius 1 is 1.22 bits per heavy atom. The molecule has 27 heavy (non-hydrogen) atoms. The lowest BCUT2D eigenvalue weighted by Crippen LogP contribution is -2.49. The maximum absolute atomic E-state index is 12.6. The largest absolute Gasteiger partial charge is 0.465 e. The molecule has 0 bridgehead atoms. The van der Waals surface area contributed by atoms with Crippen molar-refractivity contribution in [3.63, 3.8) is 0 Å². The first kappa shape index (κ1) is 16.8. The summed E-state index contributed by atoms with van der Waals surface area (Å²) in [6.45, 7) is 0.695. The number of hydrogen-bond donors (Lipinski definition) is 1. The molecule has 7 heteroatoms. The van der Waals surface area contributed by atoms with Crippen LogP contribution in [0, 0.1) is 11.8 Å². The zero-order valence-corrected chi connectivity index (χ0v) is 14.6. The summed E-state index contributed by atoms with van der Waals surface area (Å²) in [6, 6.07) is 10.8. The molecule has 0 aliphatic carbocycles. The predicted molar refractivity (Wildman–Crippen MR) is 99.5 cm³/mol. The second-order valence-electron chi connectivity index (χ2n) is 6.42. The van der Waals surface area contributed by atoms with Crippen LogP contribution in [-0.2, 0) is 7.05 Å². The van der Waals surface area contributed by atoms with Crippen LogP contribution in [0.2, 0.25) is 0 Å². The Morgan fingerprint density at radius 3 is 2.74 bits per heavy atom. The highest BCUT2D eigenvalue weighted by molar-refractivity contribution is 5.79. The number of benzene rings is 1. The third kappa shape index (κ3) is 3.13. The molecule has 1 saturated heterocycles. The van der Waals surface area contributed by atoms with Gasteiger partial charge in [0.15, 0.2) is 0 Å². The van der Waals surface area contributed by atoms with Gasteiger partial charge < -0.3 is 10.0 Å². The summed E-state index contributed by atoms with van der Waals surface area (Å²) >= 11 is 0. The summed E-state index contributed by atoms with van der Waals surface area (Å²) in [7, 11) is 1.67. The van der Waals surface area contributed by atoms with Gasteiger partial charge in [0.05, 0.1) is 16.8 Å². The van der Waals surface area contributed by atoms with Crippen LogP contribution in [0.1, 0.15) is 23.0 Å². The number of pyridine rings is 1. The van der Waals surface area contributed by atoms with Crippen LogP contribution in [-0.4, -0.2) is 43.7 Å². The quantitative estimate of drug-likeness (QED) is 0.669. The van der Waals surface area contributed by atoms with E-state index in [-0.39, 0.29) is 11.5 Å². The molecule has 1 aromatic carbocycles. The van der Waals surface area contributed by atoms with Crippen LogP contribution in [0.25, 0.3) is 10.9 Å². The van der Waals surface area contributed by atoms with Gasteiger partial charge in [-0.2, -0.15) is 0 Å². The summed E-state index contributed by atoms with van der Waals surface area (Å²) in [6.07, 6.45) is 0.727. The number of likely N-dealkylation sites (tertiary alicyclic amines) is 1. The molecule has 0 atom stereocenters. The van der Waals surface area contributed by atoms with Crippen molar-refractivity contribution in [3.8, 4) is 11.8 Å². The fourth-order valence-corrected chi connectivity index (χ4v) is 3.10. The van der Waals surface area contributed by atoms with Crippen LogP contribution < -0.4 is 5.56 Å². The van der Waals surface area contributed by atoms with E-state index >= 15 is 0 Å². The van der Waals surface area contributed by atoms with Crippen molar-refractivity contribution < 1.29 is 9.90 Å². The van der Waals surface area contributed by atoms with Gasteiger partial charge in [-0.25, -0.2) is 14.8 Å². The monoisotopic (exact) mass is 360 g/mol. The molecule has 1 N–H and O–H groups in total. The van der Waals surface area contributed by atoms with Gasteiger partial charge in [0.25, 0.3) is 5.56 Å². The molecule has 1 amide bonds. The molecule has 3 heterocycles. The summed E-state index contributed by atoms with van der Waals surface area (Å²) in [5.41, 5.74) is 1.82. The van der Waals surface area contributed by atoms with Crippen LogP contribution in [0.4, 0.5) is 4.79 Å². The van der Waals surface area contributed by atoms with E-state index in [1.807, 2.05) is 18.2 Å². The minimum absolute atomic E-state index is 0.0774. The first-order valence-corrected chi connectivity index (χ1v) is 8.44. The highest BCUT2D eigenvalue weighted by Gasteiger charge is 2.34. The maximum Gasteiger partial charge on any atom is 0.407 e. The number of fused-ring (bicyclic) bond motifs is 1. The standard InChI is InChI=1S/C20H16N4O3/c1-23-18(14-11-24(12-14)20(26)27)22-17-10-13(6-8-16(17)19(23)25)5-7-15-4-2-3-9-21-15/h2-4,6,8-10,14H,11-12H2,1H3,(H,26,27). The molecule has 134 valence electrons. The molecule has 3 aromatic rings. The predicted octanol–water partition coefficient (Wildman–Crippen LogP) is 1.81. The lowest BCUT2D eigenvalue weighted by atomic mass is 9.99. The van der Waals surface area contributed by atoms with E-state index in [1.54, 1.807) is 31.4 Å². The molecular formula is C20H16N4O3. The molecule has 0 saturated carbocycles. The lowest BCUT2D eigenvalue weighted by Gasteiger charge is -2.37. The van der Waals surface area contributed by atoms with Crippen molar-refractivity contribution in [2.24, 2.45) is 7.05 Å². The minimum atomic E-state index is -0.955. The number of amides is 1. The van der Waals surface area contributed by atoms with Gasteiger partial charge in [-0.05, 0) is 36.3 Å². The molecule has 1 aliphatic rings. The summed E-state index contributed by atoms with van der Waals surface area (Å²) in [5.74, 6) is 6.54. The SMILES string of the molecule is Cn1c(C2CN(C(=O)O)C2)nc2cc(C#Cc3ccccn3)ccc2c1=O. The van der Waals surface area contributed by atoms with Crippen LogP contribution >= 0.6 is 0 Å². The minimum Gasteiger partial charge on any atom is -0.465 e. The van der Waals surface area contributed by atoms with E-state index in [9.17, 15) is 9.59 Å². The summed E-state index contributed by atoms with van der Waals surface area (Å²) in [5, 5.41) is 9.51. The second kappa shape index (κ2) is 6.57. The number of hydrogen-bond acceptors (Lipinski definition) is 4. The van der Waals surface area contributed by atoms with E-state index in [0.717, 1.165) is 5.56 Å². The maximum atomic E-state index is 12.6. The van der Waals surface area contributed by atoms with Gasteiger partial charge in [0.1, 0.15) is 11.5 Å². The average molecular weight is 360 g/mol. The Kier molecular flexibility index (Phi) is 4.09. The molecule has 4 rings (SSSR count). The zero-order valence-electron chi connectivity index (χ0n) is 14.6. The van der Waals surface area contributed by atoms with Crippen molar-refractivity contribution >= 4 is 17.0 Å². The van der Waals surface area contributed by atoms with Gasteiger partial charge in [-0.15, -0.1) is 0 Å². The second-order valence-corrected chi connectivity index (χ2v) is 6.42. The van der Waals surface area contributed by atoms with Crippen molar-refractivity contribution in [2.75, 3.05) is 13.1 Å². The van der Waals surface area contributed by atoms with E-state index in [1.165, 1.54) is 9.47 Å². The van der Waals surface area contributed by atoms with Gasteiger partial charge in [0.2, 0.25) is 0 Å². The van der Waals surface area contributed by atoms with Crippen molar-refractivity contribution in [2.45, 2.75) is 5.92 Å². The Labute approximate surface area is 154 Å². The number of carbonyl (C=O) groups is 1. The van der Waals surface area contributed by atoms with E-state index in [0.29, 0.717) is 35.5 Å². The fraction of sp³-hybridized carbons (Fsp3) is 0.200. The van der Waals surface area contributed by atoms with Crippen LogP contribution in [0.3, 0.4) is 0 Å². The third-order valence-electron chi connectivity index (χ3n) is 4.63. The Morgan fingerprint density at radius 2 is 2.04 bits per heavy atom. The summed E-state index contributed by atoms with van der Waals surface area (Å²) in [4.78, 5) is 33.7. The average Bonchev–Trinajstić information content (AvgIpc) is 2.63. The molecule has 0 spiro atoms. The third-order valence-corrected chi connectivity index (χ3v) is 4.63. The van der Waals surface area contributed by atoms with E-state index in [2.05, 4.69) is 21.8 Å². The highest BCUT2D eigenvalue weighted by atomic mass is 16.4. The molecule has 1 aliphatic heterocycles. The van der Waals surface area contributed by atoms with E-state index in [4.69, 9.17) is 5.11 Å². The number of nitrogens with zero attached hydrogens (tertiary/aromatic N) is 4. The molecule has 0 unspecified atom stereocenters. The first-order valence-electron chi connectivity index (χ1n) is 8.44. The van der Waals surface area contributed by atoms with E-state index < -0.39 is 6.09 Å². The number of aromatic nitrogens is 3. The Bertz CT molecular complexity index is 1150. The van der Waals surface area contributed by atoms with Crippen LogP contribution in [0.15, 0.2) is 47.4 Å². The lowest BCUT2D eigenvalue weighted by molar-refractivity contribution is 0.102. The Balaban J connectivity index is 1.71. The first-order chi connectivity index (χ1) is 13.0. The molecule has 1 fully saturated rings. The van der Waals surface area contributed by atoms with Crippen molar-refractivity contribution in [1.29, 1.82) is 0 Å². The Hall–Kier alpha value is -3.66. The summed E-state index contributed by atoms with van der Waals surface area (Å²) < 4.78 is 1.51. The molecule has 7 nitrogen and oxygen atoms in total. The van der Waals surface area contributed by atoms with Gasteiger partial charge >= 0.3 is 6.09 Å². The number of rotatable bonds is 1. The number of carboxylic acid groups (broad SMARTS) is 1. The fourth-order valence-electron chi connectivity index (χ4n) is 3.10. The van der Waals surface area contributed by atoms with Crippen molar-refractivity contribution in [3.05, 3.63) is 70.0 Å². The highest BCUT2D eigenvalue weighted by Crippen LogP contribution is 2.25. The zero-order chi connectivity index (χ0) is 19.0. The molecule has 0 radical (unpaired) electrons. The smallest absolute Gasteiger partial charge is 0.407 e. The normalized spacial score (nSPS) is 13.7. The van der Waals surface area contributed by atoms with Gasteiger partial charge in [-0.3, -0.25) is 9.36 Å². The topological polar surface area (TPSA) is 88.3 Å². The van der Waals surface area contributed by atoms with Crippen LogP contribution in [0.5, 0.6) is 0 Å². The molecular weight excluding hydrogens is 344 g/mol. The molecule has 2 aromatic heterocycles. The van der Waals surface area contributed by atoms with Gasteiger partial charge in [-0.1, -0.05) is 12.0 Å². The van der Waals surface area contributed by atoms with Gasteiger partial charge in [0, 0.05) is 31.9 Å².